The molecule has 1 atom stereocenters. The zero-order valence-corrected chi connectivity index (χ0v) is 19.7. The minimum atomic E-state index is -0.909. The number of aliphatic hydroxyl groups is 1. The Morgan fingerprint density at radius 1 is 1.16 bits per heavy atom. The van der Waals surface area contributed by atoms with Crippen LogP contribution in [-0.4, -0.2) is 20.4 Å². The van der Waals surface area contributed by atoms with Crippen molar-refractivity contribution in [1.82, 2.24) is 14.7 Å². The van der Waals surface area contributed by atoms with Gasteiger partial charge in [0.15, 0.2) is 0 Å². The first-order valence-electron chi connectivity index (χ1n) is 10.3. The van der Waals surface area contributed by atoms with E-state index in [-0.39, 0.29) is 18.0 Å². The maximum absolute atomic E-state index is 13.1. The van der Waals surface area contributed by atoms with Crippen molar-refractivity contribution in [3.05, 3.63) is 109 Å². The molecule has 0 fully saturated rings. The topological polar surface area (TPSA) is 86.6 Å². The fraction of sp³-hybridized carbons (Fsp3) is 0.200. The summed E-state index contributed by atoms with van der Waals surface area (Å²) in [6.07, 6.45) is 0.962. The average Bonchev–Trinajstić information content (AvgIpc) is 3.20. The minimum Gasteiger partial charge on any atom is -0.382 e. The van der Waals surface area contributed by atoms with Crippen LogP contribution in [-0.2, 0) is 6.54 Å². The van der Waals surface area contributed by atoms with Crippen molar-refractivity contribution < 1.29 is 9.90 Å². The van der Waals surface area contributed by atoms with E-state index in [0.717, 1.165) is 26.8 Å². The third-order valence-corrected chi connectivity index (χ3v) is 6.26. The monoisotopic (exact) mass is 493 g/mol. The molecule has 4 aromatic rings. The van der Waals surface area contributed by atoms with E-state index in [2.05, 4.69) is 26.2 Å². The lowest BCUT2D eigenvalue weighted by atomic mass is 9.98. The van der Waals surface area contributed by atoms with Crippen molar-refractivity contribution in [2.45, 2.75) is 33.4 Å². The molecule has 164 valence electrons. The van der Waals surface area contributed by atoms with Gasteiger partial charge < -0.3 is 19.8 Å². The van der Waals surface area contributed by atoms with Crippen LogP contribution in [0.25, 0.3) is 5.52 Å². The van der Waals surface area contributed by atoms with Gasteiger partial charge in [0.25, 0.3) is 11.5 Å². The Morgan fingerprint density at radius 2 is 1.88 bits per heavy atom. The standard InChI is InChI=1S/C25H24BrN3O3/c1-14-11-15(2)28-25(32)21(14)13-27-24(31)20-12-19-5-4-10-29(19)22(16(20)3)23(30)17-6-8-18(26)9-7-17/h4-12,23,30H,13H2,1-3H3,(H,27,31)(H,28,32). The van der Waals surface area contributed by atoms with E-state index in [0.29, 0.717) is 22.4 Å². The molecule has 6 nitrogen and oxygen atoms in total. The number of nitrogens with one attached hydrogen (secondary N) is 2. The highest BCUT2D eigenvalue weighted by Gasteiger charge is 2.22. The zero-order valence-electron chi connectivity index (χ0n) is 18.1. The number of aliphatic hydroxyl groups excluding tert-OH is 1. The van der Waals surface area contributed by atoms with E-state index in [4.69, 9.17) is 0 Å². The Kier molecular flexibility index (Phi) is 6.04. The number of aromatic amines is 1. The molecule has 0 spiro atoms. The summed E-state index contributed by atoms with van der Waals surface area (Å²) in [5.41, 5.74) is 5.24. The van der Waals surface area contributed by atoms with E-state index < -0.39 is 6.10 Å². The SMILES string of the molecule is Cc1cc(C)c(CNC(=O)c2cc3cccn3c(C(O)c3ccc(Br)cc3)c2C)c(=O)[nH]1. The number of fused-ring (bicyclic) bond motifs is 1. The number of amides is 1. The Hall–Kier alpha value is -3.16. The summed E-state index contributed by atoms with van der Waals surface area (Å²) in [6.45, 7) is 5.63. The van der Waals surface area contributed by atoms with Crippen molar-refractivity contribution in [1.29, 1.82) is 0 Å². The summed E-state index contributed by atoms with van der Waals surface area (Å²) in [5.74, 6) is -0.296. The lowest BCUT2D eigenvalue weighted by Gasteiger charge is -2.20. The van der Waals surface area contributed by atoms with Gasteiger partial charge in [-0.3, -0.25) is 9.59 Å². The van der Waals surface area contributed by atoms with Gasteiger partial charge in [0.05, 0.1) is 5.69 Å². The molecular formula is C25H24BrN3O3. The third-order valence-electron chi connectivity index (χ3n) is 5.73. The molecule has 0 radical (unpaired) electrons. The number of H-pyrrole nitrogens is 1. The van der Waals surface area contributed by atoms with Crippen LogP contribution in [0.4, 0.5) is 0 Å². The number of rotatable bonds is 5. The number of pyridine rings is 2. The molecule has 1 amide bonds. The normalized spacial score (nSPS) is 12.2. The molecule has 3 N–H and O–H groups in total. The Labute approximate surface area is 194 Å². The summed E-state index contributed by atoms with van der Waals surface area (Å²) in [5, 5.41) is 14.1. The second kappa shape index (κ2) is 8.76. The van der Waals surface area contributed by atoms with E-state index in [9.17, 15) is 14.7 Å². The average molecular weight is 494 g/mol. The molecule has 0 bridgehead atoms. The van der Waals surface area contributed by atoms with Crippen LogP contribution in [0.15, 0.2) is 64.0 Å². The highest BCUT2D eigenvalue weighted by atomic mass is 79.9. The van der Waals surface area contributed by atoms with Gasteiger partial charge in [-0.05, 0) is 73.9 Å². The molecule has 1 unspecified atom stereocenters. The number of hydrogen-bond acceptors (Lipinski definition) is 3. The molecule has 0 aliphatic rings. The molecule has 3 aromatic heterocycles. The van der Waals surface area contributed by atoms with Crippen molar-refractivity contribution >= 4 is 27.4 Å². The summed E-state index contributed by atoms with van der Waals surface area (Å²) in [7, 11) is 0. The van der Waals surface area contributed by atoms with Crippen molar-refractivity contribution in [3.63, 3.8) is 0 Å². The van der Waals surface area contributed by atoms with Crippen LogP contribution in [0.2, 0.25) is 0 Å². The second-order valence-corrected chi connectivity index (χ2v) is 8.87. The molecule has 0 saturated heterocycles. The first-order valence-corrected chi connectivity index (χ1v) is 11.1. The van der Waals surface area contributed by atoms with Crippen molar-refractivity contribution in [2.24, 2.45) is 0 Å². The van der Waals surface area contributed by atoms with Gasteiger partial charge >= 0.3 is 0 Å². The number of aromatic nitrogens is 2. The van der Waals surface area contributed by atoms with Crippen LogP contribution < -0.4 is 10.9 Å². The van der Waals surface area contributed by atoms with E-state index in [1.54, 1.807) is 6.07 Å². The smallest absolute Gasteiger partial charge is 0.253 e. The zero-order chi connectivity index (χ0) is 23.0. The third kappa shape index (κ3) is 4.13. The number of hydrogen-bond donors (Lipinski definition) is 3. The summed E-state index contributed by atoms with van der Waals surface area (Å²) >= 11 is 3.42. The lowest BCUT2D eigenvalue weighted by molar-refractivity contribution is 0.0949. The number of nitrogens with zero attached hydrogens (tertiary/aromatic N) is 1. The minimum absolute atomic E-state index is 0.122. The molecular weight excluding hydrogens is 470 g/mol. The number of aryl methyl sites for hydroxylation is 2. The summed E-state index contributed by atoms with van der Waals surface area (Å²) in [6, 6.07) is 14.9. The lowest BCUT2D eigenvalue weighted by Crippen LogP contribution is -2.29. The maximum Gasteiger partial charge on any atom is 0.253 e. The highest BCUT2D eigenvalue weighted by molar-refractivity contribution is 9.10. The fourth-order valence-electron chi connectivity index (χ4n) is 4.05. The summed E-state index contributed by atoms with van der Waals surface area (Å²) < 4.78 is 2.82. The number of halogens is 1. The Bertz CT molecular complexity index is 1370. The van der Waals surface area contributed by atoms with Gasteiger partial charge in [0, 0.05) is 39.6 Å². The molecule has 7 heteroatoms. The number of benzene rings is 1. The highest BCUT2D eigenvalue weighted by Crippen LogP contribution is 2.29. The predicted octanol–water partition coefficient (Wildman–Crippen LogP) is 4.33. The Balaban J connectivity index is 1.70. The van der Waals surface area contributed by atoms with Gasteiger partial charge in [-0.2, -0.15) is 0 Å². The van der Waals surface area contributed by atoms with Crippen LogP contribution >= 0.6 is 15.9 Å². The quantitative estimate of drug-likeness (QED) is 0.386. The second-order valence-electron chi connectivity index (χ2n) is 7.95. The molecule has 4 rings (SSSR count). The first kappa shape index (κ1) is 22.0. The van der Waals surface area contributed by atoms with Crippen molar-refractivity contribution in [3.8, 4) is 0 Å². The van der Waals surface area contributed by atoms with E-state index >= 15 is 0 Å². The number of carbonyl (C=O) groups excluding carboxylic acids is 1. The molecule has 1 aromatic carbocycles. The molecule has 0 aliphatic heterocycles. The van der Waals surface area contributed by atoms with Crippen LogP contribution in [0.3, 0.4) is 0 Å². The van der Waals surface area contributed by atoms with Crippen LogP contribution in [0.1, 0.15) is 50.1 Å². The van der Waals surface area contributed by atoms with Gasteiger partial charge in [-0.25, -0.2) is 0 Å². The van der Waals surface area contributed by atoms with Crippen molar-refractivity contribution in [2.75, 3.05) is 0 Å². The van der Waals surface area contributed by atoms with Gasteiger partial charge in [-0.1, -0.05) is 28.1 Å². The maximum atomic E-state index is 13.1. The van der Waals surface area contributed by atoms with E-state index in [1.165, 1.54) is 0 Å². The Morgan fingerprint density at radius 3 is 2.56 bits per heavy atom. The van der Waals surface area contributed by atoms with Gasteiger partial charge in [-0.15, -0.1) is 0 Å². The van der Waals surface area contributed by atoms with Gasteiger partial charge in [0.2, 0.25) is 0 Å². The molecule has 3 heterocycles. The molecule has 0 aliphatic carbocycles. The molecule has 0 saturated carbocycles. The van der Waals surface area contributed by atoms with E-state index in [1.807, 2.05) is 73.8 Å². The first-order chi connectivity index (χ1) is 15.3. The predicted molar refractivity (Wildman–Crippen MR) is 128 cm³/mol. The largest absolute Gasteiger partial charge is 0.382 e. The number of carbonyl (C=O) groups is 1. The van der Waals surface area contributed by atoms with Crippen LogP contribution in [0.5, 0.6) is 0 Å². The fourth-order valence-corrected chi connectivity index (χ4v) is 4.31. The molecule has 32 heavy (non-hydrogen) atoms. The van der Waals surface area contributed by atoms with Crippen LogP contribution in [0, 0.1) is 20.8 Å². The summed E-state index contributed by atoms with van der Waals surface area (Å²) in [4.78, 5) is 28.2. The van der Waals surface area contributed by atoms with Gasteiger partial charge in [0.1, 0.15) is 6.10 Å².